The molecule has 3 amide bonds. The average Bonchev–Trinajstić information content (AvgIpc) is 3.22. The highest BCUT2D eigenvalue weighted by Crippen LogP contribution is 2.25. The van der Waals surface area contributed by atoms with Gasteiger partial charge in [-0.05, 0) is 68.9 Å². The number of rotatable bonds is 34. The lowest BCUT2D eigenvalue weighted by Gasteiger charge is -2.15. The summed E-state index contributed by atoms with van der Waals surface area (Å²) < 4.78 is 29.9. The molecule has 0 atom stereocenters. The molecule has 330 valence electrons. The molecule has 0 aliphatic rings. The van der Waals surface area contributed by atoms with E-state index >= 15 is 0 Å². The van der Waals surface area contributed by atoms with Crippen LogP contribution in [0.15, 0.2) is 42.5 Å². The molecule has 14 heteroatoms. The number of fused-ring (bicyclic) bond motifs is 2. The van der Waals surface area contributed by atoms with Crippen molar-refractivity contribution in [3.05, 3.63) is 42.5 Å². The number of benzene rings is 2. The van der Waals surface area contributed by atoms with E-state index in [1.54, 1.807) is 0 Å². The second-order valence-electron chi connectivity index (χ2n) is 15.1. The number of aryl methyl sites for hydroxylation is 1. The first-order valence-electron chi connectivity index (χ1n) is 21.6. The van der Waals surface area contributed by atoms with Crippen molar-refractivity contribution in [1.82, 2.24) is 16.0 Å². The summed E-state index contributed by atoms with van der Waals surface area (Å²) in [5, 5.41) is 11.1. The van der Waals surface area contributed by atoms with Crippen LogP contribution in [0.3, 0.4) is 0 Å². The van der Waals surface area contributed by atoms with Gasteiger partial charge in [-0.3, -0.25) is 14.4 Å². The number of unbranched alkanes of at least 4 members (excludes halogenated alkanes) is 2. The van der Waals surface area contributed by atoms with Crippen molar-refractivity contribution in [2.24, 2.45) is 0 Å². The monoisotopic (exact) mass is 826 g/mol. The maximum Gasteiger partial charge on any atom is 0.220 e. The molecule has 0 saturated carbocycles. The van der Waals surface area contributed by atoms with E-state index < -0.39 is 0 Å². The fourth-order valence-electron chi connectivity index (χ4n) is 6.35. The average molecular weight is 826 g/mol. The molecule has 1 heterocycles. The van der Waals surface area contributed by atoms with Gasteiger partial charge in [0, 0.05) is 128 Å². The van der Waals surface area contributed by atoms with Crippen LogP contribution in [-0.2, 0) is 44.6 Å². The molecule has 0 unspecified atom stereocenters. The van der Waals surface area contributed by atoms with Gasteiger partial charge in [0.2, 0.25) is 28.8 Å². The van der Waals surface area contributed by atoms with Gasteiger partial charge in [0.1, 0.15) is 6.54 Å². The predicted molar refractivity (Wildman–Crippen MR) is 235 cm³/mol. The third kappa shape index (κ3) is 20.6. The Morgan fingerprint density at radius 1 is 0.492 bits per heavy atom. The fourth-order valence-corrected chi connectivity index (χ4v) is 6.35. The molecule has 0 bridgehead atoms. The van der Waals surface area contributed by atoms with Gasteiger partial charge in [0.25, 0.3) is 0 Å². The van der Waals surface area contributed by atoms with Gasteiger partial charge in [-0.25, -0.2) is 0 Å². The first kappa shape index (κ1) is 49.3. The van der Waals surface area contributed by atoms with E-state index in [1.165, 1.54) is 33.2 Å². The molecular formula is C45H73N6O8+. The van der Waals surface area contributed by atoms with E-state index in [2.05, 4.69) is 108 Å². The number of hydrogen-bond donors (Lipinski definition) is 3. The summed E-state index contributed by atoms with van der Waals surface area (Å²) in [5.74, 6) is -0.0568. The summed E-state index contributed by atoms with van der Waals surface area (Å²) in [6.07, 6.45) is 6.91. The van der Waals surface area contributed by atoms with E-state index in [-0.39, 0.29) is 17.7 Å². The number of carbonyl (C=O) groups excluding carboxylic acids is 3. The van der Waals surface area contributed by atoms with Crippen molar-refractivity contribution in [3.8, 4) is 0 Å². The number of aromatic nitrogens is 1. The molecule has 0 aliphatic carbocycles. The van der Waals surface area contributed by atoms with Gasteiger partial charge in [0.15, 0.2) is 0 Å². The van der Waals surface area contributed by atoms with Gasteiger partial charge in [-0.2, -0.15) is 4.57 Å². The fraction of sp³-hybridized carbons (Fsp3) is 0.644. The van der Waals surface area contributed by atoms with E-state index in [9.17, 15) is 14.4 Å². The lowest BCUT2D eigenvalue weighted by molar-refractivity contribution is -0.645. The summed E-state index contributed by atoms with van der Waals surface area (Å²) >= 11 is 0. The van der Waals surface area contributed by atoms with E-state index in [1.807, 2.05) is 0 Å². The van der Waals surface area contributed by atoms with E-state index in [0.717, 1.165) is 45.3 Å². The van der Waals surface area contributed by atoms with Crippen LogP contribution >= 0.6 is 0 Å². The molecule has 0 saturated heterocycles. The van der Waals surface area contributed by atoms with Gasteiger partial charge in [-0.1, -0.05) is 6.92 Å². The topological polar surface area (TPSA) is 144 Å². The Labute approximate surface area is 352 Å². The molecule has 3 N–H and O–H groups in total. The molecule has 1 aromatic heterocycles. The van der Waals surface area contributed by atoms with Crippen LogP contribution in [0.25, 0.3) is 21.8 Å². The third-order valence-corrected chi connectivity index (χ3v) is 9.65. The zero-order valence-corrected chi connectivity index (χ0v) is 36.6. The normalized spacial score (nSPS) is 11.3. The SMILES string of the molecule is CCCOCCOCCNC(=O)CCCC(=O)NCCCOCCOCCOCCCNC(=O)CCCCC[n+]1c2cc(N(C)C)ccc2cc2ccc(N(C)C)cc21. The standard InChI is InChI=1S/C45H72N6O8/c1-6-24-55-28-31-58-27-22-48-45(54)15-10-14-44(53)47-21-12-26-57-30-33-59-32-29-56-25-11-20-46-43(52)13-8-7-9-23-51-41-35-39(49(2)3)18-16-37(41)34-38-17-19-40(50(4)5)36-42(38)51/h16-19,34-36H,6-15,20-33H2,1-5H3,(H2-,46,47,48,52,53,54)/p+1. The van der Waals surface area contributed by atoms with Crippen molar-refractivity contribution in [1.29, 1.82) is 0 Å². The van der Waals surface area contributed by atoms with Gasteiger partial charge >= 0.3 is 0 Å². The maximum atomic E-state index is 12.5. The van der Waals surface area contributed by atoms with Crippen LogP contribution in [0.2, 0.25) is 0 Å². The second kappa shape index (κ2) is 30.0. The van der Waals surface area contributed by atoms with Gasteiger partial charge < -0.3 is 49.4 Å². The Morgan fingerprint density at radius 3 is 1.42 bits per heavy atom. The first-order valence-corrected chi connectivity index (χ1v) is 21.6. The third-order valence-electron chi connectivity index (χ3n) is 9.65. The zero-order chi connectivity index (χ0) is 42.5. The largest absolute Gasteiger partial charge is 0.379 e. The van der Waals surface area contributed by atoms with Gasteiger partial charge in [0.05, 0.1) is 46.2 Å². The van der Waals surface area contributed by atoms with Crippen molar-refractivity contribution >= 4 is 50.9 Å². The predicted octanol–water partition coefficient (Wildman–Crippen LogP) is 4.77. The van der Waals surface area contributed by atoms with Crippen LogP contribution in [-0.4, -0.2) is 132 Å². The summed E-state index contributed by atoms with van der Waals surface area (Å²) in [6.45, 7) is 9.77. The molecule has 3 aromatic rings. The number of nitrogens with one attached hydrogen (secondary N) is 3. The number of nitrogens with zero attached hydrogens (tertiary/aromatic N) is 3. The highest BCUT2D eigenvalue weighted by molar-refractivity contribution is 5.91. The quantitative estimate of drug-likeness (QED) is 0.0438. The molecule has 59 heavy (non-hydrogen) atoms. The Balaban J connectivity index is 1.12. The lowest BCUT2D eigenvalue weighted by atomic mass is 10.1. The Hall–Kier alpha value is -4.08. The van der Waals surface area contributed by atoms with Crippen LogP contribution in [0.5, 0.6) is 0 Å². The smallest absolute Gasteiger partial charge is 0.220 e. The van der Waals surface area contributed by atoms with Crippen LogP contribution in [0.1, 0.15) is 71.1 Å². The molecule has 2 aromatic carbocycles. The van der Waals surface area contributed by atoms with Crippen molar-refractivity contribution in [2.45, 2.75) is 77.7 Å². The zero-order valence-electron chi connectivity index (χ0n) is 36.6. The van der Waals surface area contributed by atoms with Gasteiger partial charge in [-0.15, -0.1) is 0 Å². The van der Waals surface area contributed by atoms with Crippen LogP contribution in [0, 0.1) is 0 Å². The molecule has 0 spiro atoms. The summed E-state index contributed by atoms with van der Waals surface area (Å²) in [5.41, 5.74) is 4.80. The molecule has 14 nitrogen and oxygen atoms in total. The van der Waals surface area contributed by atoms with Crippen molar-refractivity contribution < 1.29 is 42.6 Å². The summed E-state index contributed by atoms with van der Waals surface area (Å²) in [4.78, 5) is 40.6. The minimum atomic E-state index is -0.0790. The minimum Gasteiger partial charge on any atom is -0.379 e. The number of carbonyl (C=O) groups is 3. The molecule has 3 rings (SSSR count). The van der Waals surface area contributed by atoms with E-state index in [4.69, 9.17) is 23.7 Å². The molecular weight excluding hydrogens is 753 g/mol. The summed E-state index contributed by atoms with van der Waals surface area (Å²) in [6, 6.07) is 15.6. The maximum absolute atomic E-state index is 12.5. The Kier molecular flexibility index (Phi) is 25.1. The number of hydrogen-bond acceptors (Lipinski definition) is 10. The Morgan fingerprint density at radius 2 is 0.932 bits per heavy atom. The minimum absolute atomic E-state index is 0.0650. The molecule has 0 radical (unpaired) electrons. The van der Waals surface area contributed by atoms with Crippen LogP contribution in [0.4, 0.5) is 11.4 Å². The van der Waals surface area contributed by atoms with Crippen molar-refractivity contribution in [2.75, 3.05) is 124 Å². The van der Waals surface area contributed by atoms with E-state index in [0.29, 0.717) is 111 Å². The Bertz CT molecular complexity index is 1590. The first-order chi connectivity index (χ1) is 28.7. The molecule has 0 fully saturated rings. The summed E-state index contributed by atoms with van der Waals surface area (Å²) in [7, 11) is 8.29. The number of anilines is 2. The second-order valence-corrected chi connectivity index (χ2v) is 15.1. The number of ether oxygens (including phenoxy) is 5. The number of pyridine rings is 1. The highest BCUT2D eigenvalue weighted by atomic mass is 16.5. The highest BCUT2D eigenvalue weighted by Gasteiger charge is 2.18. The lowest BCUT2D eigenvalue weighted by Crippen LogP contribution is -2.36. The molecule has 0 aliphatic heterocycles. The van der Waals surface area contributed by atoms with Crippen molar-refractivity contribution in [3.63, 3.8) is 0 Å². The number of amides is 3. The van der Waals surface area contributed by atoms with Crippen LogP contribution < -0.4 is 30.3 Å².